The Balaban J connectivity index is 1.41. The Hall–Kier alpha value is -2.86. The molecule has 6 heteroatoms. The van der Waals surface area contributed by atoms with E-state index in [1.54, 1.807) is 7.11 Å². The average molecular weight is 419 g/mol. The zero-order valence-corrected chi connectivity index (χ0v) is 18.3. The van der Waals surface area contributed by atoms with Gasteiger partial charge in [-0.1, -0.05) is 18.2 Å². The summed E-state index contributed by atoms with van der Waals surface area (Å²) in [6.07, 6.45) is 4.23. The Kier molecular flexibility index (Phi) is 5.18. The van der Waals surface area contributed by atoms with Crippen molar-refractivity contribution >= 4 is 16.8 Å². The summed E-state index contributed by atoms with van der Waals surface area (Å²) in [5.41, 5.74) is 3.74. The highest BCUT2D eigenvalue weighted by molar-refractivity contribution is 5.93. The third-order valence-electron chi connectivity index (χ3n) is 6.92. The lowest BCUT2D eigenvalue weighted by Crippen LogP contribution is -2.41. The largest absolute Gasteiger partial charge is 0.497 e. The van der Waals surface area contributed by atoms with Crippen LogP contribution in [0.4, 0.5) is 0 Å². The van der Waals surface area contributed by atoms with Crippen molar-refractivity contribution in [3.63, 3.8) is 0 Å². The topological polar surface area (TPSA) is 70.2 Å². The van der Waals surface area contributed by atoms with Gasteiger partial charge in [0.15, 0.2) is 0 Å². The summed E-state index contributed by atoms with van der Waals surface area (Å²) in [5.74, 6) is 0.945. The van der Waals surface area contributed by atoms with Gasteiger partial charge in [0.05, 0.1) is 24.1 Å². The Morgan fingerprint density at radius 2 is 2.03 bits per heavy atom. The third kappa shape index (κ3) is 3.81. The van der Waals surface area contributed by atoms with Crippen LogP contribution in [0.15, 0.2) is 42.5 Å². The average Bonchev–Trinajstić information content (AvgIpc) is 3.30. The van der Waals surface area contributed by atoms with Gasteiger partial charge in [0.1, 0.15) is 5.75 Å². The molecule has 31 heavy (non-hydrogen) atoms. The van der Waals surface area contributed by atoms with Crippen LogP contribution in [0.1, 0.15) is 48.5 Å². The number of aromatic amines is 1. The smallest absolute Gasteiger partial charge is 0.231 e. The van der Waals surface area contributed by atoms with Gasteiger partial charge in [0, 0.05) is 17.6 Å². The molecule has 1 amide bonds. The van der Waals surface area contributed by atoms with Crippen LogP contribution in [0.3, 0.4) is 0 Å². The van der Waals surface area contributed by atoms with E-state index in [2.05, 4.69) is 38.6 Å². The molecule has 2 N–H and O–H groups in total. The van der Waals surface area contributed by atoms with Gasteiger partial charge in [0.25, 0.3) is 0 Å². The summed E-state index contributed by atoms with van der Waals surface area (Å²) < 4.78 is 5.44. The lowest BCUT2D eigenvalue weighted by atomic mass is 9.92. The van der Waals surface area contributed by atoms with Crippen molar-refractivity contribution in [1.29, 1.82) is 0 Å². The summed E-state index contributed by atoms with van der Waals surface area (Å²) in [7, 11) is 1.68. The molecule has 2 fully saturated rings. The molecule has 0 unspecified atom stereocenters. The van der Waals surface area contributed by atoms with Crippen molar-refractivity contribution in [3.05, 3.63) is 59.3 Å². The number of nitrogens with one attached hydrogen (secondary N) is 2. The number of benzene rings is 2. The maximum absolute atomic E-state index is 13.6. The molecule has 0 radical (unpaired) electrons. The number of nitrogens with zero attached hydrogens (tertiary/aromatic N) is 2. The van der Waals surface area contributed by atoms with Crippen LogP contribution >= 0.6 is 0 Å². The van der Waals surface area contributed by atoms with Crippen molar-refractivity contribution in [3.8, 4) is 5.75 Å². The fourth-order valence-corrected chi connectivity index (χ4v) is 4.82. The van der Waals surface area contributed by atoms with Crippen molar-refractivity contribution in [2.75, 3.05) is 26.7 Å². The van der Waals surface area contributed by atoms with Crippen molar-refractivity contribution in [2.24, 2.45) is 0 Å². The Morgan fingerprint density at radius 3 is 2.77 bits per heavy atom. The highest BCUT2D eigenvalue weighted by Gasteiger charge is 2.51. The Labute approximate surface area is 183 Å². The molecule has 2 aromatic carbocycles. The van der Waals surface area contributed by atoms with E-state index in [0.29, 0.717) is 0 Å². The van der Waals surface area contributed by atoms with Crippen LogP contribution in [0.2, 0.25) is 0 Å². The first-order valence-corrected chi connectivity index (χ1v) is 11.2. The molecule has 1 saturated carbocycles. The number of H-pyrrole nitrogens is 1. The summed E-state index contributed by atoms with van der Waals surface area (Å²) in [6, 6.07) is 14.2. The van der Waals surface area contributed by atoms with Gasteiger partial charge in [-0.2, -0.15) is 5.10 Å². The van der Waals surface area contributed by atoms with Crippen molar-refractivity contribution in [2.45, 2.75) is 44.1 Å². The number of aryl methyl sites for hydroxylation is 1. The van der Waals surface area contributed by atoms with E-state index in [-0.39, 0.29) is 11.9 Å². The molecule has 3 aromatic rings. The molecular weight excluding hydrogens is 388 g/mol. The van der Waals surface area contributed by atoms with E-state index in [0.717, 1.165) is 65.9 Å². The molecule has 1 aromatic heterocycles. The molecule has 5 rings (SSSR count). The zero-order chi connectivity index (χ0) is 21.4. The number of amides is 1. The van der Waals surface area contributed by atoms with E-state index >= 15 is 0 Å². The number of rotatable bonds is 7. The van der Waals surface area contributed by atoms with Gasteiger partial charge >= 0.3 is 0 Å². The second-order valence-electron chi connectivity index (χ2n) is 8.97. The molecule has 0 bridgehead atoms. The maximum atomic E-state index is 13.6. The summed E-state index contributed by atoms with van der Waals surface area (Å²) in [4.78, 5) is 16.1. The van der Waals surface area contributed by atoms with Crippen LogP contribution in [0.5, 0.6) is 5.75 Å². The molecule has 162 valence electrons. The summed E-state index contributed by atoms with van der Waals surface area (Å²) in [5, 5.41) is 11.9. The fraction of sp³-hybridized carbons (Fsp3) is 0.440. The van der Waals surface area contributed by atoms with Crippen LogP contribution in [0.25, 0.3) is 10.9 Å². The molecule has 1 aliphatic carbocycles. The third-order valence-corrected chi connectivity index (χ3v) is 6.92. The highest BCUT2D eigenvalue weighted by Crippen LogP contribution is 2.49. The molecule has 1 aliphatic heterocycles. The lowest BCUT2D eigenvalue weighted by Gasteiger charge is -2.27. The first kappa shape index (κ1) is 20.1. The predicted octanol–water partition coefficient (Wildman–Crippen LogP) is 3.86. The maximum Gasteiger partial charge on any atom is 0.231 e. The molecule has 2 aliphatic rings. The number of carbonyl (C=O) groups is 1. The first-order chi connectivity index (χ1) is 15.1. The second-order valence-corrected chi connectivity index (χ2v) is 8.97. The number of carbonyl (C=O) groups excluding carboxylic acids is 1. The van der Waals surface area contributed by atoms with E-state index in [9.17, 15) is 4.79 Å². The molecule has 0 spiro atoms. The second kappa shape index (κ2) is 8.00. The first-order valence-electron chi connectivity index (χ1n) is 11.2. The number of aromatic nitrogens is 2. The van der Waals surface area contributed by atoms with Gasteiger partial charge in [0.2, 0.25) is 5.91 Å². The number of ether oxygens (including phenoxy) is 1. The quantitative estimate of drug-likeness (QED) is 0.611. The van der Waals surface area contributed by atoms with E-state index in [1.165, 1.54) is 12.8 Å². The monoisotopic (exact) mass is 418 g/mol. The Bertz CT molecular complexity index is 1100. The van der Waals surface area contributed by atoms with E-state index < -0.39 is 5.41 Å². The fourth-order valence-electron chi connectivity index (χ4n) is 4.82. The number of methoxy groups -OCH3 is 1. The standard InChI is InChI=1S/C25H30N4O2/c1-17-21-15-19(8-9-22(21)28-27-17)25(10-11-25)24(30)26-23(16-29-12-3-4-13-29)18-6-5-7-20(14-18)31-2/h5-9,14-15,23H,3-4,10-13,16H2,1-2H3,(H,26,30)(H,27,28)/t23-/m1/s1. The van der Waals surface area contributed by atoms with Crippen LogP contribution in [-0.4, -0.2) is 47.7 Å². The molecule has 1 saturated heterocycles. The van der Waals surface area contributed by atoms with Gasteiger partial charge in [-0.05, 0) is 81.1 Å². The molecule has 2 heterocycles. The summed E-state index contributed by atoms with van der Waals surface area (Å²) in [6.45, 7) is 5.04. The van der Waals surface area contributed by atoms with Crippen molar-refractivity contribution in [1.82, 2.24) is 20.4 Å². The van der Waals surface area contributed by atoms with E-state index in [1.807, 2.05) is 31.2 Å². The number of hydrogen-bond acceptors (Lipinski definition) is 4. The number of hydrogen-bond donors (Lipinski definition) is 2. The zero-order valence-electron chi connectivity index (χ0n) is 18.3. The summed E-state index contributed by atoms with van der Waals surface area (Å²) >= 11 is 0. The Morgan fingerprint density at radius 1 is 1.23 bits per heavy atom. The van der Waals surface area contributed by atoms with Crippen LogP contribution < -0.4 is 10.1 Å². The molecule has 6 nitrogen and oxygen atoms in total. The normalized spacial score (nSPS) is 18.8. The SMILES string of the molecule is COc1cccc([C@@H](CN2CCCC2)NC(=O)C2(c3ccc4n[nH]c(C)c4c3)CC2)c1. The molecular formula is C25H30N4O2. The predicted molar refractivity (Wildman–Crippen MR) is 121 cm³/mol. The van der Waals surface area contributed by atoms with E-state index in [4.69, 9.17) is 4.74 Å². The number of fused-ring (bicyclic) bond motifs is 1. The molecule has 1 atom stereocenters. The number of likely N-dealkylation sites (tertiary alicyclic amines) is 1. The highest BCUT2D eigenvalue weighted by atomic mass is 16.5. The van der Waals surface area contributed by atoms with Gasteiger partial charge in [-0.15, -0.1) is 0 Å². The van der Waals surface area contributed by atoms with Gasteiger partial charge in [-0.25, -0.2) is 0 Å². The van der Waals surface area contributed by atoms with Crippen LogP contribution in [0, 0.1) is 6.92 Å². The van der Waals surface area contributed by atoms with Crippen molar-refractivity contribution < 1.29 is 9.53 Å². The van der Waals surface area contributed by atoms with Crippen LogP contribution in [-0.2, 0) is 10.2 Å². The minimum absolute atomic E-state index is 0.0578. The minimum atomic E-state index is -0.431. The lowest BCUT2D eigenvalue weighted by molar-refractivity contribution is -0.124. The van der Waals surface area contributed by atoms with Gasteiger partial charge < -0.3 is 15.0 Å². The minimum Gasteiger partial charge on any atom is -0.497 e. The van der Waals surface area contributed by atoms with Gasteiger partial charge in [-0.3, -0.25) is 9.89 Å².